The third-order valence-corrected chi connectivity index (χ3v) is 4.51. The number of alkyl halides is 3. The molecule has 0 atom stereocenters. The molecule has 0 aliphatic rings. The number of carbonyl (C=O) groups is 2. The van der Waals surface area contributed by atoms with Gasteiger partial charge in [-0.1, -0.05) is 24.3 Å². The summed E-state index contributed by atoms with van der Waals surface area (Å²) < 4.78 is 40.2. The lowest BCUT2D eigenvalue weighted by molar-refractivity contribution is -0.137. The number of benzene rings is 2. The molecule has 1 heterocycles. The summed E-state index contributed by atoms with van der Waals surface area (Å²) in [6.45, 7) is 2.61. The predicted octanol–water partition coefficient (Wildman–Crippen LogP) is 3.83. The molecular weight excluding hydrogens is 425 g/mol. The van der Waals surface area contributed by atoms with Gasteiger partial charge in [0.1, 0.15) is 6.54 Å². The molecule has 2 aromatic carbocycles. The van der Waals surface area contributed by atoms with E-state index >= 15 is 0 Å². The molecule has 0 saturated heterocycles. The minimum Gasteiger partial charge on any atom is -0.326 e. The van der Waals surface area contributed by atoms with Gasteiger partial charge in [0.2, 0.25) is 11.8 Å². The Morgan fingerprint density at radius 1 is 1.00 bits per heavy atom. The normalized spacial score (nSPS) is 11.2. The fraction of sp³-hybridized carbons (Fsp3) is 0.182. The van der Waals surface area contributed by atoms with Crippen molar-refractivity contribution in [3.63, 3.8) is 0 Å². The zero-order valence-corrected chi connectivity index (χ0v) is 17.2. The Morgan fingerprint density at radius 3 is 2.41 bits per heavy atom. The standard InChI is InChI=1S/C22H19F3N4O3/c1-13-7-8-15(11-19(13)26-14(2)30)17-9-10-21(32)29(28-17)12-20(31)27-18-6-4-3-5-16(18)22(23,24)25/h3-11H,12H2,1-2H3,(H,26,30)(H,27,31). The van der Waals surface area contributed by atoms with E-state index in [2.05, 4.69) is 15.7 Å². The lowest BCUT2D eigenvalue weighted by Crippen LogP contribution is -2.29. The number of aromatic nitrogens is 2. The molecule has 166 valence electrons. The lowest BCUT2D eigenvalue weighted by atomic mass is 10.1. The van der Waals surface area contributed by atoms with Crippen LogP contribution in [-0.2, 0) is 22.3 Å². The summed E-state index contributed by atoms with van der Waals surface area (Å²) in [5.41, 5.74) is 0.314. The van der Waals surface area contributed by atoms with Gasteiger partial charge in [0.15, 0.2) is 0 Å². The van der Waals surface area contributed by atoms with Crippen molar-refractivity contribution >= 4 is 23.2 Å². The van der Waals surface area contributed by atoms with Crippen LogP contribution >= 0.6 is 0 Å². The Hall–Kier alpha value is -3.95. The molecule has 10 heteroatoms. The monoisotopic (exact) mass is 444 g/mol. The fourth-order valence-corrected chi connectivity index (χ4v) is 2.99. The van der Waals surface area contributed by atoms with Crippen molar-refractivity contribution in [3.8, 4) is 11.3 Å². The van der Waals surface area contributed by atoms with Crippen molar-refractivity contribution in [2.45, 2.75) is 26.6 Å². The van der Waals surface area contributed by atoms with Gasteiger partial charge in [0.25, 0.3) is 5.56 Å². The lowest BCUT2D eigenvalue weighted by Gasteiger charge is -2.14. The Labute approximate surface area is 180 Å². The smallest absolute Gasteiger partial charge is 0.326 e. The molecule has 0 spiro atoms. The van der Waals surface area contributed by atoms with Crippen molar-refractivity contribution < 1.29 is 22.8 Å². The van der Waals surface area contributed by atoms with Crippen LogP contribution in [0.3, 0.4) is 0 Å². The predicted molar refractivity (Wildman–Crippen MR) is 113 cm³/mol. The number of nitrogens with zero attached hydrogens (tertiary/aromatic N) is 2. The second-order valence-corrected chi connectivity index (χ2v) is 7.02. The summed E-state index contributed by atoms with van der Waals surface area (Å²) in [5, 5.41) is 9.03. The SMILES string of the molecule is CC(=O)Nc1cc(-c2ccc(=O)n(CC(=O)Nc3ccccc3C(F)(F)F)n2)ccc1C. The largest absolute Gasteiger partial charge is 0.418 e. The van der Waals surface area contributed by atoms with E-state index in [4.69, 9.17) is 0 Å². The third-order valence-electron chi connectivity index (χ3n) is 4.51. The third kappa shape index (κ3) is 5.39. The summed E-state index contributed by atoms with van der Waals surface area (Å²) in [5.74, 6) is -1.09. The number of aryl methyl sites for hydroxylation is 1. The summed E-state index contributed by atoms with van der Waals surface area (Å²) >= 11 is 0. The van der Waals surface area contributed by atoms with Crippen LogP contribution < -0.4 is 16.2 Å². The highest BCUT2D eigenvalue weighted by Crippen LogP contribution is 2.34. The summed E-state index contributed by atoms with van der Waals surface area (Å²) in [6.07, 6.45) is -4.64. The minimum atomic E-state index is -4.64. The Bertz CT molecular complexity index is 1240. The Kier molecular flexibility index (Phi) is 6.42. The highest BCUT2D eigenvalue weighted by Gasteiger charge is 2.33. The summed E-state index contributed by atoms with van der Waals surface area (Å²) in [7, 11) is 0. The van der Waals surface area contributed by atoms with Gasteiger partial charge < -0.3 is 10.6 Å². The van der Waals surface area contributed by atoms with Gasteiger partial charge in [-0.15, -0.1) is 0 Å². The number of anilines is 2. The molecule has 3 rings (SSSR count). The number of rotatable bonds is 5. The van der Waals surface area contributed by atoms with Crippen LogP contribution in [0.4, 0.5) is 24.5 Å². The van der Waals surface area contributed by atoms with E-state index in [1.54, 1.807) is 18.2 Å². The average molecular weight is 444 g/mol. The zero-order valence-electron chi connectivity index (χ0n) is 17.2. The molecular formula is C22H19F3N4O3. The molecule has 0 aliphatic heterocycles. The van der Waals surface area contributed by atoms with Gasteiger partial charge in [-0.05, 0) is 36.8 Å². The number of hydrogen-bond donors (Lipinski definition) is 2. The van der Waals surface area contributed by atoms with Gasteiger partial charge in [0.05, 0.1) is 16.9 Å². The van der Waals surface area contributed by atoms with Gasteiger partial charge in [-0.3, -0.25) is 14.4 Å². The Balaban J connectivity index is 1.86. The highest BCUT2D eigenvalue weighted by molar-refractivity contribution is 5.91. The van der Waals surface area contributed by atoms with Gasteiger partial charge in [0, 0.05) is 24.2 Å². The molecule has 0 bridgehead atoms. The molecule has 2 N–H and O–H groups in total. The molecule has 1 aromatic heterocycles. The molecule has 0 aliphatic carbocycles. The average Bonchev–Trinajstić information content (AvgIpc) is 2.70. The van der Waals surface area contributed by atoms with E-state index in [0.717, 1.165) is 22.4 Å². The van der Waals surface area contributed by atoms with Crippen molar-refractivity contribution in [3.05, 3.63) is 76.1 Å². The number of nitrogens with one attached hydrogen (secondary N) is 2. The molecule has 0 saturated carbocycles. The summed E-state index contributed by atoms with van der Waals surface area (Å²) in [6, 6.07) is 12.4. The molecule has 0 unspecified atom stereocenters. The number of halogens is 3. The van der Waals surface area contributed by atoms with Gasteiger partial charge >= 0.3 is 6.18 Å². The van der Waals surface area contributed by atoms with Crippen molar-refractivity contribution in [2.75, 3.05) is 10.6 Å². The van der Waals surface area contributed by atoms with Crippen LogP contribution in [0.5, 0.6) is 0 Å². The molecule has 2 amide bonds. The topological polar surface area (TPSA) is 93.1 Å². The molecule has 0 fully saturated rings. The van der Waals surface area contributed by atoms with E-state index in [9.17, 15) is 27.6 Å². The van der Waals surface area contributed by atoms with Crippen LogP contribution in [0.2, 0.25) is 0 Å². The highest BCUT2D eigenvalue weighted by atomic mass is 19.4. The first-order valence-corrected chi connectivity index (χ1v) is 9.47. The quantitative estimate of drug-likeness (QED) is 0.626. The van der Waals surface area contributed by atoms with Crippen molar-refractivity contribution in [1.82, 2.24) is 9.78 Å². The Morgan fingerprint density at radius 2 is 1.72 bits per heavy atom. The first-order chi connectivity index (χ1) is 15.0. The van der Waals surface area contributed by atoms with E-state index < -0.39 is 35.4 Å². The maximum atomic E-state index is 13.1. The summed E-state index contributed by atoms with van der Waals surface area (Å²) in [4.78, 5) is 35.9. The number of amides is 2. The van der Waals surface area contributed by atoms with Crippen molar-refractivity contribution in [1.29, 1.82) is 0 Å². The fourth-order valence-electron chi connectivity index (χ4n) is 2.99. The second kappa shape index (κ2) is 9.04. The maximum Gasteiger partial charge on any atom is 0.418 e. The first kappa shape index (κ1) is 22.7. The van der Waals surface area contributed by atoms with Crippen molar-refractivity contribution in [2.24, 2.45) is 0 Å². The molecule has 32 heavy (non-hydrogen) atoms. The maximum absolute atomic E-state index is 13.1. The van der Waals surface area contributed by atoms with E-state index in [1.165, 1.54) is 31.2 Å². The second-order valence-electron chi connectivity index (χ2n) is 7.02. The van der Waals surface area contributed by atoms with Crippen LogP contribution in [-0.4, -0.2) is 21.6 Å². The van der Waals surface area contributed by atoms with Crippen LogP contribution in [0.1, 0.15) is 18.1 Å². The molecule has 0 radical (unpaired) electrons. The van der Waals surface area contributed by atoms with E-state index in [1.807, 2.05) is 6.92 Å². The number of para-hydroxylation sites is 1. The van der Waals surface area contributed by atoms with Crippen LogP contribution in [0, 0.1) is 6.92 Å². The van der Waals surface area contributed by atoms with Gasteiger partial charge in [-0.25, -0.2) is 4.68 Å². The molecule has 3 aromatic rings. The number of hydrogen-bond acceptors (Lipinski definition) is 4. The first-order valence-electron chi connectivity index (χ1n) is 9.47. The van der Waals surface area contributed by atoms with Gasteiger partial charge in [-0.2, -0.15) is 18.3 Å². The minimum absolute atomic E-state index is 0.251. The number of carbonyl (C=O) groups excluding carboxylic acids is 2. The van der Waals surface area contributed by atoms with E-state index in [-0.39, 0.29) is 5.91 Å². The van der Waals surface area contributed by atoms with Crippen LogP contribution in [0.25, 0.3) is 11.3 Å². The molecule has 7 nitrogen and oxygen atoms in total. The van der Waals surface area contributed by atoms with Crippen LogP contribution in [0.15, 0.2) is 59.4 Å². The zero-order chi connectivity index (χ0) is 23.5. The van der Waals surface area contributed by atoms with E-state index in [0.29, 0.717) is 16.9 Å².